The van der Waals surface area contributed by atoms with Crippen molar-refractivity contribution in [2.45, 2.75) is 38.0 Å². The summed E-state index contributed by atoms with van der Waals surface area (Å²) in [6.45, 7) is 0. The summed E-state index contributed by atoms with van der Waals surface area (Å²) in [5, 5.41) is 8.86. The number of rotatable bonds is 2. The molecule has 15 heavy (non-hydrogen) atoms. The first kappa shape index (κ1) is 10.1. The molecule has 1 heterocycles. The fraction of sp³-hybridized carbons (Fsp3) is 0.500. The van der Waals surface area contributed by atoms with E-state index in [0.29, 0.717) is 0 Å². The van der Waals surface area contributed by atoms with Crippen LogP contribution in [0.2, 0.25) is 0 Å². The van der Waals surface area contributed by atoms with Crippen molar-refractivity contribution in [3.8, 4) is 0 Å². The Kier molecular flexibility index (Phi) is 2.99. The highest BCUT2D eigenvalue weighted by atomic mass is 16.4. The molecule has 1 atom stereocenters. The number of carbonyl (C=O) groups is 1. The number of fused-ring (bicyclic) bond motifs is 1. The topological polar surface area (TPSA) is 50.2 Å². The van der Waals surface area contributed by atoms with Gasteiger partial charge in [0.25, 0.3) is 0 Å². The van der Waals surface area contributed by atoms with Gasteiger partial charge in [0.1, 0.15) is 0 Å². The van der Waals surface area contributed by atoms with Crippen LogP contribution in [0.4, 0.5) is 0 Å². The molecule has 1 N–H and O–H groups in total. The maximum Gasteiger partial charge on any atom is 0.304 e. The zero-order valence-electron chi connectivity index (χ0n) is 8.65. The van der Waals surface area contributed by atoms with Gasteiger partial charge in [-0.05, 0) is 30.9 Å². The lowest BCUT2D eigenvalue weighted by Gasteiger charge is -2.13. The molecule has 1 unspecified atom stereocenters. The third kappa shape index (κ3) is 2.35. The van der Waals surface area contributed by atoms with Gasteiger partial charge in [-0.3, -0.25) is 9.78 Å². The van der Waals surface area contributed by atoms with E-state index in [4.69, 9.17) is 5.11 Å². The van der Waals surface area contributed by atoms with E-state index in [0.717, 1.165) is 31.4 Å². The summed E-state index contributed by atoms with van der Waals surface area (Å²) in [6.07, 6.45) is 6.22. The van der Waals surface area contributed by atoms with Crippen LogP contribution >= 0.6 is 0 Å². The lowest BCUT2D eigenvalue weighted by atomic mass is 9.95. The maximum atomic E-state index is 10.8. The molecule has 1 aliphatic carbocycles. The Morgan fingerprint density at radius 2 is 2.40 bits per heavy atom. The highest BCUT2D eigenvalue weighted by Gasteiger charge is 2.21. The van der Waals surface area contributed by atoms with Gasteiger partial charge in [0, 0.05) is 17.8 Å². The molecule has 3 nitrogen and oxygen atoms in total. The van der Waals surface area contributed by atoms with Crippen molar-refractivity contribution in [3.05, 3.63) is 29.6 Å². The van der Waals surface area contributed by atoms with Gasteiger partial charge in [0.05, 0.1) is 6.42 Å². The molecule has 0 saturated carbocycles. The van der Waals surface area contributed by atoms with E-state index in [1.165, 1.54) is 5.56 Å². The SMILES string of the molecule is O=C(O)CC1CCCCc2cccnc21. The summed E-state index contributed by atoms with van der Waals surface area (Å²) in [5.74, 6) is -0.611. The Morgan fingerprint density at radius 3 is 3.20 bits per heavy atom. The standard InChI is InChI=1S/C12H15NO2/c14-11(15)8-10-5-2-1-4-9-6-3-7-13-12(9)10/h3,6-7,10H,1-2,4-5,8H2,(H,14,15). The fourth-order valence-electron chi connectivity index (χ4n) is 2.28. The molecule has 0 aliphatic heterocycles. The Bertz CT molecular complexity index is 362. The minimum Gasteiger partial charge on any atom is -0.481 e. The number of carboxylic acid groups (broad SMARTS) is 1. The van der Waals surface area contributed by atoms with Crippen LogP contribution in [0.1, 0.15) is 42.9 Å². The quantitative estimate of drug-likeness (QED) is 0.754. The minimum absolute atomic E-state index is 0.112. The summed E-state index contributed by atoms with van der Waals surface area (Å²) in [4.78, 5) is 15.1. The van der Waals surface area contributed by atoms with Crippen molar-refractivity contribution < 1.29 is 9.90 Å². The maximum absolute atomic E-state index is 10.8. The molecule has 1 aromatic heterocycles. The van der Waals surface area contributed by atoms with Crippen LogP contribution in [0.25, 0.3) is 0 Å². The molecule has 0 fully saturated rings. The second kappa shape index (κ2) is 4.43. The second-order valence-electron chi connectivity index (χ2n) is 4.09. The van der Waals surface area contributed by atoms with Crippen molar-refractivity contribution in [1.82, 2.24) is 4.98 Å². The first-order valence-corrected chi connectivity index (χ1v) is 5.43. The van der Waals surface area contributed by atoms with Gasteiger partial charge >= 0.3 is 5.97 Å². The highest BCUT2D eigenvalue weighted by Crippen LogP contribution is 2.30. The van der Waals surface area contributed by atoms with E-state index in [-0.39, 0.29) is 12.3 Å². The molecule has 80 valence electrons. The van der Waals surface area contributed by atoms with Crippen LogP contribution in [-0.4, -0.2) is 16.1 Å². The van der Waals surface area contributed by atoms with Crippen molar-refractivity contribution in [1.29, 1.82) is 0 Å². The zero-order valence-corrected chi connectivity index (χ0v) is 8.65. The Labute approximate surface area is 89.2 Å². The molecule has 0 amide bonds. The first-order valence-electron chi connectivity index (χ1n) is 5.43. The van der Waals surface area contributed by atoms with E-state index in [1.807, 2.05) is 6.07 Å². The fourth-order valence-corrected chi connectivity index (χ4v) is 2.28. The van der Waals surface area contributed by atoms with Crippen LogP contribution in [0.5, 0.6) is 0 Å². The second-order valence-corrected chi connectivity index (χ2v) is 4.09. The largest absolute Gasteiger partial charge is 0.481 e. The molecule has 1 aromatic rings. The van der Waals surface area contributed by atoms with Gasteiger partial charge < -0.3 is 5.11 Å². The summed E-state index contributed by atoms with van der Waals surface area (Å²) in [7, 11) is 0. The van der Waals surface area contributed by atoms with Gasteiger partial charge in [-0.2, -0.15) is 0 Å². The molecular formula is C12H15NO2. The Balaban J connectivity index is 2.28. The van der Waals surface area contributed by atoms with E-state index in [9.17, 15) is 4.79 Å². The summed E-state index contributed by atoms with van der Waals surface area (Å²) in [5.41, 5.74) is 2.25. The van der Waals surface area contributed by atoms with Crippen LogP contribution in [0, 0.1) is 0 Å². The Morgan fingerprint density at radius 1 is 1.53 bits per heavy atom. The number of pyridine rings is 1. The average molecular weight is 205 g/mol. The lowest BCUT2D eigenvalue weighted by Crippen LogP contribution is -2.08. The molecule has 2 rings (SSSR count). The van der Waals surface area contributed by atoms with Crippen LogP contribution in [0.15, 0.2) is 18.3 Å². The van der Waals surface area contributed by atoms with Gasteiger partial charge in [-0.15, -0.1) is 0 Å². The monoisotopic (exact) mass is 205 g/mol. The van der Waals surface area contributed by atoms with Crippen molar-refractivity contribution >= 4 is 5.97 Å². The van der Waals surface area contributed by atoms with E-state index >= 15 is 0 Å². The van der Waals surface area contributed by atoms with E-state index in [1.54, 1.807) is 6.20 Å². The molecule has 0 spiro atoms. The average Bonchev–Trinajstić information content (AvgIpc) is 2.41. The number of nitrogens with zero attached hydrogens (tertiary/aromatic N) is 1. The van der Waals surface area contributed by atoms with Crippen LogP contribution in [0.3, 0.4) is 0 Å². The third-order valence-electron chi connectivity index (χ3n) is 2.98. The number of aromatic nitrogens is 1. The smallest absolute Gasteiger partial charge is 0.304 e. The number of aryl methyl sites for hydroxylation is 1. The summed E-state index contributed by atoms with van der Waals surface area (Å²) < 4.78 is 0. The highest BCUT2D eigenvalue weighted by molar-refractivity contribution is 5.68. The zero-order chi connectivity index (χ0) is 10.7. The van der Waals surface area contributed by atoms with Crippen LogP contribution in [-0.2, 0) is 11.2 Å². The minimum atomic E-state index is -0.724. The summed E-state index contributed by atoms with van der Waals surface area (Å²) in [6, 6.07) is 4.00. The molecular weight excluding hydrogens is 190 g/mol. The first-order chi connectivity index (χ1) is 7.27. The van der Waals surface area contributed by atoms with Crippen LogP contribution < -0.4 is 0 Å². The Hall–Kier alpha value is -1.38. The number of hydrogen-bond donors (Lipinski definition) is 1. The van der Waals surface area contributed by atoms with Crippen molar-refractivity contribution in [3.63, 3.8) is 0 Å². The van der Waals surface area contributed by atoms with Crippen molar-refractivity contribution in [2.24, 2.45) is 0 Å². The van der Waals surface area contributed by atoms with E-state index < -0.39 is 5.97 Å². The molecule has 1 aliphatic rings. The molecule has 0 aromatic carbocycles. The third-order valence-corrected chi connectivity index (χ3v) is 2.98. The molecule has 0 saturated heterocycles. The predicted molar refractivity (Wildman–Crippen MR) is 56.8 cm³/mol. The van der Waals surface area contributed by atoms with Gasteiger partial charge in [0.2, 0.25) is 0 Å². The normalized spacial score (nSPS) is 20.4. The molecule has 0 bridgehead atoms. The number of hydrogen-bond acceptors (Lipinski definition) is 2. The lowest BCUT2D eigenvalue weighted by molar-refractivity contribution is -0.137. The van der Waals surface area contributed by atoms with Gasteiger partial charge in [0.15, 0.2) is 0 Å². The van der Waals surface area contributed by atoms with E-state index in [2.05, 4.69) is 11.1 Å². The summed E-state index contributed by atoms with van der Waals surface area (Å²) >= 11 is 0. The van der Waals surface area contributed by atoms with Gasteiger partial charge in [-0.25, -0.2) is 0 Å². The molecule has 3 heteroatoms. The van der Waals surface area contributed by atoms with Crippen molar-refractivity contribution in [2.75, 3.05) is 0 Å². The predicted octanol–water partition coefficient (Wildman–Crippen LogP) is 2.37. The number of aliphatic carboxylic acids is 1. The number of carboxylic acids is 1. The van der Waals surface area contributed by atoms with Gasteiger partial charge in [-0.1, -0.05) is 12.5 Å². The molecule has 0 radical (unpaired) electrons.